The number of benzene rings is 3. The van der Waals surface area contributed by atoms with E-state index in [2.05, 4.69) is 43.4 Å². The van der Waals surface area contributed by atoms with Crippen LogP contribution in [-0.2, 0) is 11.2 Å². The number of carbonyl (C=O) groups is 1. The average Bonchev–Trinajstić information content (AvgIpc) is 2.69. The number of para-hydroxylation sites is 1. The fourth-order valence-corrected chi connectivity index (χ4v) is 3.02. The van der Waals surface area contributed by atoms with E-state index in [-0.39, 0.29) is 5.91 Å². The number of rotatable bonds is 7. The molecule has 3 aromatic carbocycles. The van der Waals surface area contributed by atoms with Crippen LogP contribution in [0.4, 0.5) is 5.69 Å². The van der Waals surface area contributed by atoms with Crippen molar-refractivity contribution in [3.8, 4) is 11.5 Å². The lowest BCUT2D eigenvalue weighted by molar-refractivity contribution is -0.116. The van der Waals surface area contributed by atoms with E-state index < -0.39 is 0 Å². The average molecular weight is 394 g/mol. The third kappa shape index (κ3) is 5.61. The molecule has 0 aliphatic rings. The van der Waals surface area contributed by atoms with Crippen LogP contribution in [0.1, 0.15) is 37.3 Å². The van der Waals surface area contributed by atoms with E-state index in [9.17, 15) is 4.79 Å². The predicted molar refractivity (Wildman–Crippen MR) is 115 cm³/mol. The molecule has 144 valence electrons. The Kier molecular flexibility index (Phi) is 6.72. The van der Waals surface area contributed by atoms with Crippen LogP contribution in [0.15, 0.2) is 72.8 Å². The zero-order valence-corrected chi connectivity index (χ0v) is 16.9. The molecule has 0 heterocycles. The van der Waals surface area contributed by atoms with Crippen LogP contribution in [0, 0.1) is 0 Å². The Balaban J connectivity index is 1.63. The topological polar surface area (TPSA) is 38.3 Å². The van der Waals surface area contributed by atoms with Crippen LogP contribution in [0.2, 0.25) is 5.02 Å². The summed E-state index contributed by atoms with van der Waals surface area (Å²) in [6.07, 6.45) is 1.07. The molecule has 1 N–H and O–H groups in total. The second-order valence-corrected chi connectivity index (χ2v) is 7.44. The lowest BCUT2D eigenvalue weighted by atomic mass is 10.0. The van der Waals surface area contributed by atoms with Crippen LogP contribution in [0.3, 0.4) is 0 Å². The van der Waals surface area contributed by atoms with Crippen molar-refractivity contribution in [3.63, 3.8) is 0 Å². The molecule has 28 heavy (non-hydrogen) atoms. The first kappa shape index (κ1) is 20.0. The maximum atomic E-state index is 12.5. The zero-order chi connectivity index (χ0) is 19.9. The molecule has 0 fully saturated rings. The van der Waals surface area contributed by atoms with Crippen LogP contribution >= 0.6 is 11.6 Å². The van der Waals surface area contributed by atoms with E-state index >= 15 is 0 Å². The Labute approximate surface area is 171 Å². The van der Waals surface area contributed by atoms with Gasteiger partial charge in [-0.3, -0.25) is 4.79 Å². The highest BCUT2D eigenvalue weighted by atomic mass is 35.5. The van der Waals surface area contributed by atoms with Gasteiger partial charge in [-0.2, -0.15) is 0 Å². The molecule has 0 spiro atoms. The Morgan fingerprint density at radius 2 is 1.71 bits per heavy atom. The number of anilines is 1. The molecule has 0 unspecified atom stereocenters. The summed E-state index contributed by atoms with van der Waals surface area (Å²) in [5.74, 6) is 1.69. The van der Waals surface area contributed by atoms with Gasteiger partial charge in [0.15, 0.2) is 5.75 Å². The molecule has 3 rings (SSSR count). The summed E-state index contributed by atoms with van der Waals surface area (Å²) in [4.78, 5) is 12.5. The smallest absolute Gasteiger partial charge is 0.224 e. The largest absolute Gasteiger partial charge is 0.455 e. The van der Waals surface area contributed by atoms with Crippen LogP contribution in [-0.4, -0.2) is 5.91 Å². The summed E-state index contributed by atoms with van der Waals surface area (Å²) in [7, 11) is 0. The van der Waals surface area contributed by atoms with Crippen molar-refractivity contribution in [2.24, 2.45) is 0 Å². The highest BCUT2D eigenvalue weighted by Crippen LogP contribution is 2.32. The molecule has 0 aliphatic heterocycles. The van der Waals surface area contributed by atoms with Gasteiger partial charge in [0.05, 0.1) is 5.69 Å². The normalized spacial score (nSPS) is 10.7. The monoisotopic (exact) mass is 393 g/mol. The molecule has 0 radical (unpaired) electrons. The van der Waals surface area contributed by atoms with Gasteiger partial charge >= 0.3 is 0 Å². The Morgan fingerprint density at radius 1 is 1.00 bits per heavy atom. The van der Waals surface area contributed by atoms with Crippen molar-refractivity contribution in [2.75, 3.05) is 5.32 Å². The summed E-state index contributed by atoms with van der Waals surface area (Å²) in [5, 5.41) is 3.46. The fraction of sp³-hybridized carbons (Fsp3) is 0.208. The first-order valence-corrected chi connectivity index (χ1v) is 9.80. The summed E-state index contributed by atoms with van der Waals surface area (Å²) < 4.78 is 5.89. The van der Waals surface area contributed by atoms with Gasteiger partial charge in [0, 0.05) is 11.4 Å². The maximum absolute atomic E-state index is 12.5. The minimum atomic E-state index is -0.0758. The number of hydrogen-bond donors (Lipinski definition) is 1. The third-order valence-corrected chi connectivity index (χ3v) is 4.71. The molecule has 0 aromatic heterocycles. The van der Waals surface area contributed by atoms with Gasteiger partial charge in [-0.1, -0.05) is 67.9 Å². The molecular formula is C24H24ClNO2. The van der Waals surface area contributed by atoms with Crippen molar-refractivity contribution >= 4 is 23.2 Å². The summed E-state index contributed by atoms with van der Waals surface area (Å²) in [5.41, 5.74) is 3.01. The van der Waals surface area contributed by atoms with Crippen LogP contribution < -0.4 is 10.1 Å². The number of amides is 1. The van der Waals surface area contributed by atoms with Crippen LogP contribution in [0.25, 0.3) is 0 Å². The molecule has 3 aromatic rings. The summed E-state index contributed by atoms with van der Waals surface area (Å²) in [6.45, 7) is 4.34. The van der Waals surface area contributed by atoms with Gasteiger partial charge in [-0.25, -0.2) is 0 Å². The second-order valence-electron chi connectivity index (χ2n) is 7.00. The first-order chi connectivity index (χ1) is 13.5. The number of hydrogen-bond acceptors (Lipinski definition) is 2. The van der Waals surface area contributed by atoms with Gasteiger partial charge in [0.2, 0.25) is 5.91 Å². The molecule has 1 amide bonds. The third-order valence-electron chi connectivity index (χ3n) is 4.47. The standard InChI is InChI=1S/C24H24ClNO2/c1-17(2)19-11-8-18(9-12-19)10-15-24(27)26-22-16-20(25)13-14-23(22)28-21-6-4-3-5-7-21/h3-9,11-14,16-17H,10,15H2,1-2H3,(H,26,27). The van der Waals surface area contributed by atoms with E-state index in [0.29, 0.717) is 41.0 Å². The molecular weight excluding hydrogens is 370 g/mol. The van der Waals surface area contributed by atoms with Crippen molar-refractivity contribution < 1.29 is 9.53 Å². The number of carbonyl (C=O) groups excluding carboxylic acids is 1. The number of ether oxygens (including phenoxy) is 1. The van der Waals surface area contributed by atoms with E-state index in [1.165, 1.54) is 5.56 Å². The maximum Gasteiger partial charge on any atom is 0.224 e. The van der Waals surface area contributed by atoms with E-state index in [4.69, 9.17) is 16.3 Å². The van der Waals surface area contributed by atoms with Gasteiger partial charge in [-0.05, 0) is 53.8 Å². The number of aryl methyl sites for hydroxylation is 1. The Morgan fingerprint density at radius 3 is 2.39 bits per heavy atom. The highest BCUT2D eigenvalue weighted by Gasteiger charge is 2.10. The van der Waals surface area contributed by atoms with E-state index in [0.717, 1.165) is 5.56 Å². The Hall–Kier alpha value is -2.78. The van der Waals surface area contributed by atoms with Gasteiger partial charge in [0.1, 0.15) is 5.75 Å². The first-order valence-electron chi connectivity index (χ1n) is 9.42. The Bertz CT molecular complexity index is 921. The van der Waals surface area contributed by atoms with Crippen molar-refractivity contribution in [1.29, 1.82) is 0 Å². The van der Waals surface area contributed by atoms with E-state index in [1.807, 2.05) is 30.3 Å². The molecule has 4 heteroatoms. The highest BCUT2D eigenvalue weighted by molar-refractivity contribution is 6.31. The minimum Gasteiger partial charge on any atom is -0.455 e. The number of nitrogens with one attached hydrogen (secondary N) is 1. The lowest BCUT2D eigenvalue weighted by Gasteiger charge is -2.13. The zero-order valence-electron chi connectivity index (χ0n) is 16.1. The second kappa shape index (κ2) is 9.43. The number of halogens is 1. The van der Waals surface area contributed by atoms with Crippen molar-refractivity contribution in [3.05, 3.63) is 88.9 Å². The molecule has 3 nitrogen and oxygen atoms in total. The molecule has 0 atom stereocenters. The van der Waals surface area contributed by atoms with Crippen LogP contribution in [0.5, 0.6) is 11.5 Å². The van der Waals surface area contributed by atoms with Crippen molar-refractivity contribution in [2.45, 2.75) is 32.6 Å². The molecule has 0 bridgehead atoms. The summed E-state index contributed by atoms with van der Waals surface area (Å²) in [6, 6.07) is 23.1. The molecule has 0 aliphatic carbocycles. The molecule has 0 saturated carbocycles. The van der Waals surface area contributed by atoms with Gasteiger partial charge < -0.3 is 10.1 Å². The predicted octanol–water partition coefficient (Wildman–Crippen LogP) is 6.83. The quantitative estimate of drug-likeness (QED) is 0.477. The van der Waals surface area contributed by atoms with E-state index in [1.54, 1.807) is 18.2 Å². The van der Waals surface area contributed by atoms with Crippen molar-refractivity contribution in [1.82, 2.24) is 0 Å². The van der Waals surface area contributed by atoms with Gasteiger partial charge in [-0.15, -0.1) is 0 Å². The SMILES string of the molecule is CC(C)c1ccc(CCC(=O)Nc2cc(Cl)ccc2Oc2ccccc2)cc1. The minimum absolute atomic E-state index is 0.0758. The summed E-state index contributed by atoms with van der Waals surface area (Å²) >= 11 is 6.11. The molecule has 0 saturated heterocycles. The van der Waals surface area contributed by atoms with Gasteiger partial charge in [0.25, 0.3) is 0 Å². The lowest BCUT2D eigenvalue weighted by Crippen LogP contribution is -2.13. The fourth-order valence-electron chi connectivity index (χ4n) is 2.84.